The van der Waals surface area contributed by atoms with Gasteiger partial charge in [-0.3, -0.25) is 4.79 Å². The van der Waals surface area contributed by atoms with E-state index in [2.05, 4.69) is 0 Å². The van der Waals surface area contributed by atoms with E-state index in [-0.39, 0.29) is 11.5 Å². The van der Waals surface area contributed by atoms with Crippen molar-refractivity contribution in [2.75, 3.05) is 19.8 Å². The summed E-state index contributed by atoms with van der Waals surface area (Å²) in [5.74, 6) is -1.46. The monoisotopic (exact) mass is 409 g/mol. The lowest BCUT2D eigenvalue weighted by Gasteiger charge is -2.33. The standard InChI is InChI=1S/C19H20ClNO5S/c1-2-25-18(23)13-8-5-6-10-21(13)15(22)11-26-19(24)17-16(20)12-7-3-4-9-14(12)27-17/h3-4,7,9,13H,2,5-6,8,10-11H2,1H3/t13-/m1/s1. The number of nitrogens with zero attached hydrogens (tertiary/aromatic N) is 1. The van der Waals surface area contributed by atoms with E-state index in [0.29, 0.717) is 18.0 Å². The molecule has 2 aromatic rings. The zero-order chi connectivity index (χ0) is 19.4. The van der Waals surface area contributed by atoms with Crippen molar-refractivity contribution < 1.29 is 23.9 Å². The van der Waals surface area contributed by atoms with Crippen LogP contribution in [0.15, 0.2) is 24.3 Å². The summed E-state index contributed by atoms with van der Waals surface area (Å²) < 4.78 is 11.1. The van der Waals surface area contributed by atoms with Gasteiger partial charge in [0.25, 0.3) is 5.91 Å². The van der Waals surface area contributed by atoms with Gasteiger partial charge < -0.3 is 14.4 Å². The molecule has 0 radical (unpaired) electrons. The minimum absolute atomic E-state index is 0.261. The third-order valence-electron chi connectivity index (χ3n) is 4.43. The molecule has 0 N–H and O–H groups in total. The highest BCUT2D eigenvalue weighted by Crippen LogP contribution is 2.35. The van der Waals surface area contributed by atoms with Crippen LogP contribution in [0.4, 0.5) is 0 Å². The second-order valence-electron chi connectivity index (χ2n) is 6.17. The minimum Gasteiger partial charge on any atom is -0.464 e. The quantitative estimate of drug-likeness (QED) is 0.704. The normalized spacial score (nSPS) is 17.0. The molecule has 1 atom stereocenters. The molecule has 1 aliphatic rings. The summed E-state index contributed by atoms with van der Waals surface area (Å²) in [5, 5.41) is 1.11. The van der Waals surface area contributed by atoms with Crippen molar-refractivity contribution in [3.05, 3.63) is 34.2 Å². The zero-order valence-corrected chi connectivity index (χ0v) is 16.5. The largest absolute Gasteiger partial charge is 0.464 e. The first-order chi connectivity index (χ1) is 13.0. The van der Waals surface area contributed by atoms with Gasteiger partial charge >= 0.3 is 11.9 Å². The van der Waals surface area contributed by atoms with Crippen LogP contribution >= 0.6 is 22.9 Å². The Morgan fingerprint density at radius 2 is 2.00 bits per heavy atom. The molecule has 0 unspecified atom stereocenters. The third-order valence-corrected chi connectivity index (χ3v) is 6.08. The van der Waals surface area contributed by atoms with Gasteiger partial charge in [-0.2, -0.15) is 0 Å². The number of ether oxygens (including phenoxy) is 2. The molecule has 0 aliphatic carbocycles. The summed E-state index contributed by atoms with van der Waals surface area (Å²) in [7, 11) is 0. The van der Waals surface area contributed by atoms with Crippen LogP contribution < -0.4 is 0 Å². The molecule has 1 aromatic heterocycles. The fourth-order valence-electron chi connectivity index (χ4n) is 3.13. The van der Waals surface area contributed by atoms with Crippen LogP contribution in [0, 0.1) is 0 Å². The van der Waals surface area contributed by atoms with Crippen molar-refractivity contribution in [3.63, 3.8) is 0 Å². The maximum atomic E-state index is 12.5. The van der Waals surface area contributed by atoms with Crippen molar-refractivity contribution in [3.8, 4) is 0 Å². The van der Waals surface area contributed by atoms with Crippen molar-refractivity contribution in [1.82, 2.24) is 4.90 Å². The Kier molecular flexibility index (Phi) is 6.34. The molecule has 1 saturated heterocycles. The number of rotatable bonds is 5. The SMILES string of the molecule is CCOC(=O)[C@H]1CCCCN1C(=O)COC(=O)c1sc2ccccc2c1Cl. The molecule has 8 heteroatoms. The maximum Gasteiger partial charge on any atom is 0.350 e. The van der Waals surface area contributed by atoms with E-state index in [4.69, 9.17) is 21.1 Å². The molecular formula is C19H20ClNO5S. The summed E-state index contributed by atoms with van der Waals surface area (Å²) in [4.78, 5) is 38.7. The molecule has 27 heavy (non-hydrogen) atoms. The van der Waals surface area contributed by atoms with Crippen LogP contribution in [-0.2, 0) is 19.1 Å². The number of hydrogen-bond donors (Lipinski definition) is 0. The van der Waals surface area contributed by atoms with E-state index in [9.17, 15) is 14.4 Å². The number of carbonyl (C=O) groups excluding carboxylic acids is 3. The summed E-state index contributed by atoms with van der Waals surface area (Å²) in [5.41, 5.74) is 0. The summed E-state index contributed by atoms with van der Waals surface area (Å²) in [6, 6.07) is 6.78. The lowest BCUT2D eigenvalue weighted by Crippen LogP contribution is -2.50. The maximum absolute atomic E-state index is 12.5. The molecule has 0 saturated carbocycles. The van der Waals surface area contributed by atoms with Crippen LogP contribution in [0.1, 0.15) is 35.9 Å². The molecule has 1 aliphatic heterocycles. The van der Waals surface area contributed by atoms with Gasteiger partial charge in [-0.15, -0.1) is 11.3 Å². The first-order valence-corrected chi connectivity index (χ1v) is 10.0. The highest BCUT2D eigenvalue weighted by Gasteiger charge is 2.33. The Labute approximate surface area is 166 Å². The predicted octanol–water partition coefficient (Wildman–Crippen LogP) is 3.66. The van der Waals surface area contributed by atoms with Crippen molar-refractivity contribution >= 4 is 50.9 Å². The Hall–Kier alpha value is -2.12. The van der Waals surface area contributed by atoms with Gasteiger partial charge in [0.15, 0.2) is 6.61 Å². The van der Waals surface area contributed by atoms with Crippen molar-refractivity contribution in [1.29, 1.82) is 0 Å². The topological polar surface area (TPSA) is 72.9 Å². The Morgan fingerprint density at radius 1 is 1.22 bits per heavy atom. The number of hydrogen-bond acceptors (Lipinski definition) is 6. The number of carbonyl (C=O) groups is 3. The molecule has 6 nitrogen and oxygen atoms in total. The molecule has 144 valence electrons. The number of benzene rings is 1. The Morgan fingerprint density at radius 3 is 2.74 bits per heavy atom. The lowest BCUT2D eigenvalue weighted by atomic mass is 10.0. The van der Waals surface area contributed by atoms with Crippen LogP contribution in [0.3, 0.4) is 0 Å². The highest BCUT2D eigenvalue weighted by molar-refractivity contribution is 7.21. The number of halogens is 1. The molecule has 3 rings (SSSR count). The first-order valence-electron chi connectivity index (χ1n) is 8.83. The van der Waals surface area contributed by atoms with Gasteiger partial charge in [-0.05, 0) is 32.3 Å². The molecule has 1 aromatic carbocycles. The molecule has 2 heterocycles. The van der Waals surface area contributed by atoms with E-state index in [1.54, 1.807) is 6.92 Å². The highest BCUT2D eigenvalue weighted by atomic mass is 35.5. The van der Waals surface area contributed by atoms with E-state index in [1.165, 1.54) is 16.2 Å². The fourth-order valence-corrected chi connectivity index (χ4v) is 4.54. The second-order valence-corrected chi connectivity index (χ2v) is 7.60. The first kappa shape index (κ1) is 19.6. The smallest absolute Gasteiger partial charge is 0.350 e. The second kappa shape index (κ2) is 8.71. The van der Waals surface area contributed by atoms with Gasteiger partial charge in [0.05, 0.1) is 11.6 Å². The van der Waals surface area contributed by atoms with E-state index in [0.717, 1.165) is 22.9 Å². The van der Waals surface area contributed by atoms with Crippen LogP contribution in [-0.4, -0.2) is 48.5 Å². The minimum atomic E-state index is -0.640. The Balaban J connectivity index is 1.65. The third kappa shape index (κ3) is 4.25. The van der Waals surface area contributed by atoms with Crippen LogP contribution in [0.5, 0.6) is 0 Å². The average molecular weight is 410 g/mol. The molecular weight excluding hydrogens is 390 g/mol. The van der Waals surface area contributed by atoms with Gasteiger partial charge in [-0.25, -0.2) is 9.59 Å². The van der Waals surface area contributed by atoms with Crippen LogP contribution in [0.2, 0.25) is 5.02 Å². The molecule has 1 fully saturated rings. The van der Waals surface area contributed by atoms with E-state index >= 15 is 0 Å². The van der Waals surface area contributed by atoms with E-state index < -0.39 is 30.5 Å². The number of amides is 1. The summed E-state index contributed by atoms with van der Waals surface area (Å²) >= 11 is 7.49. The number of piperidine rings is 1. The number of esters is 2. The lowest BCUT2D eigenvalue weighted by molar-refractivity contribution is -0.157. The predicted molar refractivity (Wildman–Crippen MR) is 103 cm³/mol. The number of fused-ring (bicyclic) bond motifs is 1. The van der Waals surface area contributed by atoms with Gasteiger partial charge in [0.1, 0.15) is 10.9 Å². The molecule has 0 spiro atoms. The van der Waals surface area contributed by atoms with Crippen molar-refractivity contribution in [2.45, 2.75) is 32.2 Å². The van der Waals surface area contributed by atoms with Gasteiger partial charge in [0.2, 0.25) is 0 Å². The summed E-state index contributed by atoms with van der Waals surface area (Å²) in [6.07, 6.45) is 2.21. The van der Waals surface area contributed by atoms with Gasteiger partial charge in [-0.1, -0.05) is 29.8 Å². The van der Waals surface area contributed by atoms with Gasteiger partial charge in [0, 0.05) is 16.6 Å². The van der Waals surface area contributed by atoms with Crippen LogP contribution in [0.25, 0.3) is 10.1 Å². The average Bonchev–Trinajstić information content (AvgIpc) is 3.03. The van der Waals surface area contributed by atoms with E-state index in [1.807, 2.05) is 24.3 Å². The van der Waals surface area contributed by atoms with Crippen molar-refractivity contribution in [2.24, 2.45) is 0 Å². The number of likely N-dealkylation sites (tertiary alicyclic amines) is 1. The number of thiophene rings is 1. The zero-order valence-electron chi connectivity index (χ0n) is 14.9. The fraction of sp³-hybridized carbons (Fsp3) is 0.421. The Bertz CT molecular complexity index is 865. The summed E-state index contributed by atoms with van der Waals surface area (Å²) in [6.45, 7) is 2.00. The molecule has 0 bridgehead atoms. The molecule has 1 amide bonds.